The van der Waals surface area contributed by atoms with Gasteiger partial charge in [-0.05, 0) is 85.6 Å². The van der Waals surface area contributed by atoms with Gasteiger partial charge in [0.15, 0.2) is 5.58 Å². The largest absolute Gasteiger partial charge is 0.457 e. The van der Waals surface area contributed by atoms with Crippen molar-refractivity contribution in [1.82, 2.24) is 4.98 Å². The van der Waals surface area contributed by atoms with Crippen molar-refractivity contribution in [3.63, 3.8) is 0 Å². The van der Waals surface area contributed by atoms with Gasteiger partial charge in [-0.15, -0.1) is 0 Å². The average Bonchev–Trinajstić information content (AvgIpc) is 3.46. The molecule has 5 nitrogen and oxygen atoms in total. The number of fused-ring (bicyclic) bond motifs is 1. The predicted octanol–water partition coefficient (Wildman–Crippen LogP) is 8.98. The van der Waals surface area contributed by atoms with Gasteiger partial charge in [0.1, 0.15) is 17.0 Å². The quantitative estimate of drug-likeness (QED) is 0.227. The van der Waals surface area contributed by atoms with E-state index in [9.17, 15) is 4.79 Å². The van der Waals surface area contributed by atoms with E-state index in [0.29, 0.717) is 49.3 Å². The molecule has 0 aliphatic heterocycles. The number of rotatable bonds is 5. The van der Waals surface area contributed by atoms with Gasteiger partial charge >= 0.3 is 0 Å². The minimum absolute atomic E-state index is 0.337. The Morgan fingerprint density at radius 3 is 2.47 bits per heavy atom. The second-order valence-corrected chi connectivity index (χ2v) is 9.61. The number of hydrogen-bond acceptors (Lipinski definition) is 4. The first-order valence-corrected chi connectivity index (χ1v) is 12.1. The number of carbonyl (C=O) groups excluding carboxylic acids is 1. The molecule has 0 bridgehead atoms. The van der Waals surface area contributed by atoms with Crippen LogP contribution in [-0.2, 0) is 4.79 Å². The molecule has 3 aromatic carbocycles. The third-order valence-electron chi connectivity index (χ3n) is 5.46. The Labute approximate surface area is 222 Å². The van der Waals surface area contributed by atoms with Gasteiger partial charge in [-0.1, -0.05) is 40.9 Å². The van der Waals surface area contributed by atoms with Crippen LogP contribution in [0.3, 0.4) is 0 Å². The topological polar surface area (TPSA) is 68.3 Å². The molecule has 8 heteroatoms. The Bertz CT molecular complexity index is 1630. The van der Waals surface area contributed by atoms with Crippen LogP contribution in [0.5, 0.6) is 0 Å². The number of anilines is 1. The molecule has 2 heterocycles. The lowest BCUT2D eigenvalue weighted by Gasteiger charge is -2.05. The SMILES string of the molecule is Cc1cc(C)c2oc(-c3cc(NC(=O)/C=C/c4ccc(-c5cc(Cl)cc(Cl)c5)o4)ccc3Cl)nc2c1. The molecule has 0 fully saturated rings. The van der Waals surface area contributed by atoms with Gasteiger partial charge in [0.05, 0.1) is 10.6 Å². The molecule has 5 aromatic rings. The molecule has 0 radical (unpaired) electrons. The van der Waals surface area contributed by atoms with Gasteiger partial charge in [0, 0.05) is 27.4 Å². The number of nitrogens with zero attached hydrogens (tertiary/aromatic N) is 1. The van der Waals surface area contributed by atoms with Crippen LogP contribution < -0.4 is 5.32 Å². The van der Waals surface area contributed by atoms with Crippen LogP contribution in [0.25, 0.3) is 40.0 Å². The van der Waals surface area contributed by atoms with E-state index in [2.05, 4.69) is 10.3 Å². The van der Waals surface area contributed by atoms with Crippen LogP contribution in [0, 0.1) is 13.8 Å². The summed E-state index contributed by atoms with van der Waals surface area (Å²) in [4.78, 5) is 17.2. The van der Waals surface area contributed by atoms with Crippen LogP contribution in [0.15, 0.2) is 75.6 Å². The Morgan fingerprint density at radius 1 is 0.917 bits per heavy atom. The van der Waals surface area contributed by atoms with Crippen LogP contribution >= 0.6 is 34.8 Å². The molecule has 180 valence electrons. The maximum Gasteiger partial charge on any atom is 0.248 e. The number of oxazole rings is 1. The van der Waals surface area contributed by atoms with E-state index in [1.807, 2.05) is 26.0 Å². The second kappa shape index (κ2) is 9.86. The minimum Gasteiger partial charge on any atom is -0.457 e. The lowest BCUT2D eigenvalue weighted by Crippen LogP contribution is -2.07. The number of furan rings is 1. The third kappa shape index (κ3) is 5.19. The van der Waals surface area contributed by atoms with Gasteiger partial charge in [-0.25, -0.2) is 4.98 Å². The zero-order chi connectivity index (χ0) is 25.4. The summed E-state index contributed by atoms with van der Waals surface area (Å²) in [5, 5.41) is 4.31. The number of aromatic nitrogens is 1. The molecule has 0 atom stereocenters. The minimum atomic E-state index is -0.337. The summed E-state index contributed by atoms with van der Waals surface area (Å²) in [7, 11) is 0. The fraction of sp³-hybridized carbons (Fsp3) is 0.0714. The van der Waals surface area contributed by atoms with Crippen molar-refractivity contribution in [3.8, 4) is 22.8 Å². The molecule has 2 aromatic heterocycles. The Balaban J connectivity index is 1.33. The fourth-order valence-electron chi connectivity index (χ4n) is 3.89. The Kier molecular flexibility index (Phi) is 6.63. The summed E-state index contributed by atoms with van der Waals surface area (Å²) >= 11 is 18.6. The van der Waals surface area contributed by atoms with Gasteiger partial charge in [0.2, 0.25) is 11.8 Å². The molecule has 0 unspecified atom stereocenters. The summed E-state index contributed by atoms with van der Waals surface area (Å²) in [6.45, 7) is 3.98. The maximum atomic E-state index is 12.6. The summed E-state index contributed by atoms with van der Waals surface area (Å²) in [6, 6.07) is 17.8. The standard InChI is InChI=1S/C28H19Cl3N2O3/c1-15-9-16(2)27-24(10-15)33-28(36-27)22-14-20(3-6-23(22)31)32-26(34)8-5-21-4-7-25(35-21)17-11-18(29)13-19(30)12-17/h3-14H,1-2H3,(H,32,34)/b8-5+. The molecule has 0 aliphatic carbocycles. The van der Waals surface area contributed by atoms with Gasteiger partial charge in [0.25, 0.3) is 0 Å². The van der Waals surface area contributed by atoms with Crippen LogP contribution in [0.1, 0.15) is 16.9 Å². The molecule has 0 aliphatic rings. The molecule has 0 saturated carbocycles. The second-order valence-electron chi connectivity index (χ2n) is 8.33. The normalized spacial score (nSPS) is 11.5. The third-order valence-corrected chi connectivity index (χ3v) is 6.22. The van der Waals surface area contributed by atoms with E-state index in [1.165, 1.54) is 6.08 Å². The fourth-order valence-corrected chi connectivity index (χ4v) is 4.62. The van der Waals surface area contributed by atoms with Crippen molar-refractivity contribution < 1.29 is 13.6 Å². The summed E-state index contributed by atoms with van der Waals surface area (Å²) < 4.78 is 11.8. The molecule has 1 amide bonds. The highest BCUT2D eigenvalue weighted by Crippen LogP contribution is 2.34. The highest BCUT2D eigenvalue weighted by atomic mass is 35.5. The van der Waals surface area contributed by atoms with Crippen molar-refractivity contribution >= 4 is 63.6 Å². The van der Waals surface area contributed by atoms with E-state index in [1.54, 1.807) is 54.6 Å². The summed E-state index contributed by atoms with van der Waals surface area (Å²) in [6.07, 6.45) is 2.96. The van der Waals surface area contributed by atoms with E-state index in [0.717, 1.165) is 22.2 Å². The molecule has 0 spiro atoms. The van der Waals surface area contributed by atoms with E-state index < -0.39 is 0 Å². The highest BCUT2D eigenvalue weighted by molar-refractivity contribution is 6.35. The van der Waals surface area contributed by atoms with E-state index >= 15 is 0 Å². The van der Waals surface area contributed by atoms with Crippen molar-refractivity contribution in [2.24, 2.45) is 0 Å². The molecule has 1 N–H and O–H groups in total. The number of halogens is 3. The first-order chi connectivity index (χ1) is 17.2. The van der Waals surface area contributed by atoms with Crippen LogP contribution in [-0.4, -0.2) is 10.9 Å². The molecule has 0 saturated heterocycles. The Morgan fingerprint density at radius 2 is 1.69 bits per heavy atom. The lowest BCUT2D eigenvalue weighted by molar-refractivity contribution is -0.111. The number of aryl methyl sites for hydroxylation is 2. The predicted molar refractivity (Wildman–Crippen MR) is 146 cm³/mol. The Hall–Kier alpha value is -3.51. The molecular weight excluding hydrogens is 519 g/mol. The number of benzene rings is 3. The lowest BCUT2D eigenvalue weighted by atomic mass is 10.1. The molecular formula is C28H19Cl3N2O3. The van der Waals surface area contributed by atoms with Crippen molar-refractivity contribution in [3.05, 3.63) is 98.7 Å². The highest BCUT2D eigenvalue weighted by Gasteiger charge is 2.15. The zero-order valence-electron chi connectivity index (χ0n) is 19.2. The molecule has 36 heavy (non-hydrogen) atoms. The van der Waals surface area contributed by atoms with Crippen LogP contribution in [0.2, 0.25) is 15.1 Å². The molecule has 5 rings (SSSR count). The number of hydrogen-bond donors (Lipinski definition) is 1. The summed E-state index contributed by atoms with van der Waals surface area (Å²) in [5.41, 5.74) is 5.44. The zero-order valence-corrected chi connectivity index (χ0v) is 21.5. The van der Waals surface area contributed by atoms with Crippen LogP contribution in [0.4, 0.5) is 5.69 Å². The van der Waals surface area contributed by atoms with Crippen molar-refractivity contribution in [2.75, 3.05) is 5.32 Å². The number of nitrogens with one attached hydrogen (secondary N) is 1. The van der Waals surface area contributed by atoms with Crippen molar-refractivity contribution in [2.45, 2.75) is 13.8 Å². The number of amides is 1. The van der Waals surface area contributed by atoms with E-state index in [4.69, 9.17) is 43.6 Å². The average molecular weight is 538 g/mol. The summed E-state index contributed by atoms with van der Waals surface area (Å²) in [5.74, 6) is 1.14. The van der Waals surface area contributed by atoms with Gasteiger partial charge in [-0.3, -0.25) is 4.79 Å². The van der Waals surface area contributed by atoms with E-state index in [-0.39, 0.29) is 5.91 Å². The number of carbonyl (C=O) groups is 1. The smallest absolute Gasteiger partial charge is 0.248 e. The maximum absolute atomic E-state index is 12.6. The first kappa shape index (κ1) is 24.2. The monoisotopic (exact) mass is 536 g/mol. The van der Waals surface area contributed by atoms with Crippen molar-refractivity contribution in [1.29, 1.82) is 0 Å². The van der Waals surface area contributed by atoms with Gasteiger partial charge in [-0.2, -0.15) is 0 Å². The first-order valence-electron chi connectivity index (χ1n) is 11.0. The van der Waals surface area contributed by atoms with Gasteiger partial charge < -0.3 is 14.2 Å².